The van der Waals surface area contributed by atoms with Gasteiger partial charge in [-0.1, -0.05) is 18.2 Å². The molecule has 2 aliphatic heterocycles. The average Bonchev–Trinajstić information content (AvgIpc) is 3.24. The molecule has 0 aliphatic carbocycles. The summed E-state index contributed by atoms with van der Waals surface area (Å²) in [5.74, 6) is -2.47. The lowest BCUT2D eigenvalue weighted by Gasteiger charge is -2.30. The van der Waals surface area contributed by atoms with Crippen molar-refractivity contribution in [1.82, 2.24) is 9.55 Å². The molecular weight excluding hydrogens is 432 g/mol. The number of carbonyl (C=O) groups excluding carboxylic acids is 1. The third-order valence-corrected chi connectivity index (χ3v) is 5.43. The number of hydrogen-bond acceptors (Lipinski definition) is 8. The van der Waals surface area contributed by atoms with Crippen molar-refractivity contribution >= 4 is 5.97 Å². The van der Waals surface area contributed by atoms with Crippen LogP contribution in [0.4, 0.5) is 0 Å². The first-order valence-corrected chi connectivity index (χ1v) is 10.7. The van der Waals surface area contributed by atoms with E-state index in [-0.39, 0.29) is 12.3 Å². The summed E-state index contributed by atoms with van der Waals surface area (Å²) >= 11 is 0. The number of rotatable bonds is 5. The fourth-order valence-electron chi connectivity index (χ4n) is 4.18. The van der Waals surface area contributed by atoms with E-state index in [4.69, 9.17) is 23.7 Å². The molecule has 0 bridgehead atoms. The minimum atomic E-state index is -1.08. The van der Waals surface area contributed by atoms with Crippen LogP contribution >= 0.6 is 0 Å². The third kappa shape index (κ3) is 4.93. The Morgan fingerprint density at radius 3 is 2.36 bits per heavy atom. The maximum absolute atomic E-state index is 12.9. The van der Waals surface area contributed by atoms with E-state index >= 15 is 0 Å². The second-order valence-corrected chi connectivity index (χ2v) is 9.00. The van der Waals surface area contributed by atoms with Gasteiger partial charge in [0.05, 0.1) is 18.0 Å². The van der Waals surface area contributed by atoms with E-state index in [2.05, 4.69) is 4.98 Å². The van der Waals surface area contributed by atoms with Crippen LogP contribution in [0.2, 0.25) is 0 Å². The minimum Gasteiger partial charge on any atom is -0.457 e. The number of aromatic nitrogens is 2. The molecule has 3 heterocycles. The Kier molecular flexibility index (Phi) is 6.04. The molecule has 0 amide bonds. The first-order chi connectivity index (χ1) is 15.5. The van der Waals surface area contributed by atoms with Gasteiger partial charge in [0.1, 0.15) is 18.3 Å². The molecule has 2 fully saturated rings. The summed E-state index contributed by atoms with van der Waals surface area (Å²) in [6, 6.07) is 9.86. The molecule has 1 aromatic carbocycles. The van der Waals surface area contributed by atoms with Crippen molar-refractivity contribution in [2.45, 2.75) is 70.6 Å². The largest absolute Gasteiger partial charge is 0.457 e. The fraction of sp³-hybridized carbons (Fsp3) is 0.522. The van der Waals surface area contributed by atoms with Gasteiger partial charge in [-0.2, -0.15) is 0 Å². The summed E-state index contributed by atoms with van der Waals surface area (Å²) in [5.41, 5.74) is -0.505. The van der Waals surface area contributed by atoms with E-state index in [1.807, 2.05) is 0 Å². The van der Waals surface area contributed by atoms with Gasteiger partial charge in [-0.15, -0.1) is 0 Å². The second kappa shape index (κ2) is 8.53. The molecule has 2 saturated heterocycles. The number of H-pyrrole nitrogens is 1. The molecular formula is C23H28N2O8. The molecule has 10 nitrogen and oxygen atoms in total. The Labute approximate surface area is 190 Å². The van der Waals surface area contributed by atoms with Crippen LogP contribution in [0.15, 0.2) is 46.0 Å². The topological polar surface area (TPSA) is 118 Å². The number of benzene rings is 1. The zero-order valence-corrected chi connectivity index (χ0v) is 19.2. The summed E-state index contributed by atoms with van der Waals surface area (Å²) in [7, 11) is 0. The molecule has 4 atom stereocenters. The number of para-hydroxylation sites is 1. The summed E-state index contributed by atoms with van der Waals surface area (Å²) in [6.45, 7) is 8.36. The van der Waals surface area contributed by atoms with Crippen molar-refractivity contribution in [2.24, 2.45) is 0 Å². The predicted octanol–water partition coefficient (Wildman–Crippen LogP) is 1.80. The average molecular weight is 460 g/mol. The maximum Gasteiger partial charge on any atom is 0.333 e. The van der Waals surface area contributed by atoms with Crippen LogP contribution in [0.1, 0.15) is 46.4 Å². The Balaban J connectivity index is 1.73. The van der Waals surface area contributed by atoms with Gasteiger partial charge < -0.3 is 28.7 Å². The first kappa shape index (κ1) is 23.4. The van der Waals surface area contributed by atoms with E-state index in [1.165, 1.54) is 13.0 Å². The Morgan fingerprint density at radius 2 is 1.79 bits per heavy atom. The number of hydrogen-bond donors (Lipinski definition) is 1. The number of aromatic amines is 1. The van der Waals surface area contributed by atoms with Crippen LogP contribution in [0.25, 0.3) is 5.69 Å². The van der Waals surface area contributed by atoms with Gasteiger partial charge in [-0.3, -0.25) is 9.59 Å². The molecule has 0 saturated carbocycles. The van der Waals surface area contributed by atoms with Crippen molar-refractivity contribution in [3.05, 3.63) is 62.9 Å². The van der Waals surface area contributed by atoms with Crippen LogP contribution in [-0.4, -0.2) is 52.0 Å². The quantitative estimate of drug-likeness (QED) is 0.671. The minimum absolute atomic E-state index is 0.171. The monoisotopic (exact) mass is 460 g/mol. The predicted molar refractivity (Wildman–Crippen MR) is 116 cm³/mol. The molecule has 33 heavy (non-hydrogen) atoms. The molecule has 1 aromatic heterocycles. The standard InChI is InChI=1S/C23H28N2O8/c1-13(26)30-19(16-12-29-22(2,3)31-16)20-18(32-23(4,5)33-20)15-11-17(27)25(21(28)24-15)14-9-7-6-8-10-14/h6-11,16,18-20H,12H2,1-5H3,(H,24,28)/t16-,18+,19+,20+/m1/s1. The molecule has 0 unspecified atom stereocenters. The lowest BCUT2D eigenvalue weighted by Crippen LogP contribution is -2.46. The summed E-state index contributed by atoms with van der Waals surface area (Å²) in [4.78, 5) is 40.4. The molecule has 2 aromatic rings. The van der Waals surface area contributed by atoms with Crippen molar-refractivity contribution in [3.63, 3.8) is 0 Å². The van der Waals surface area contributed by atoms with Gasteiger partial charge in [0.15, 0.2) is 17.7 Å². The molecule has 2 aliphatic rings. The first-order valence-electron chi connectivity index (χ1n) is 10.7. The van der Waals surface area contributed by atoms with E-state index < -0.39 is 53.2 Å². The number of ether oxygens (including phenoxy) is 5. The molecule has 178 valence electrons. The second-order valence-electron chi connectivity index (χ2n) is 9.00. The highest BCUT2D eigenvalue weighted by Gasteiger charge is 2.52. The Bertz CT molecular complexity index is 1110. The van der Waals surface area contributed by atoms with Crippen LogP contribution < -0.4 is 11.2 Å². The van der Waals surface area contributed by atoms with Crippen LogP contribution in [0, 0.1) is 0 Å². The Hall–Kier alpha value is -2.79. The van der Waals surface area contributed by atoms with E-state index in [0.717, 1.165) is 4.57 Å². The van der Waals surface area contributed by atoms with Crippen molar-refractivity contribution < 1.29 is 28.5 Å². The molecule has 0 radical (unpaired) electrons. The Morgan fingerprint density at radius 1 is 1.09 bits per heavy atom. The van der Waals surface area contributed by atoms with Crippen LogP contribution in [0.5, 0.6) is 0 Å². The number of esters is 1. The van der Waals surface area contributed by atoms with Gasteiger partial charge >= 0.3 is 11.7 Å². The molecule has 10 heteroatoms. The van der Waals surface area contributed by atoms with Gasteiger partial charge in [-0.05, 0) is 39.8 Å². The SMILES string of the molecule is CC(=O)O[C@H]([C@H]1OC(C)(C)O[C@H]1c1cc(=O)n(-c2ccccc2)c(=O)[nH]1)[C@H]1COC(C)(C)O1. The van der Waals surface area contributed by atoms with Gasteiger partial charge in [0, 0.05) is 13.0 Å². The van der Waals surface area contributed by atoms with Crippen molar-refractivity contribution in [1.29, 1.82) is 0 Å². The lowest BCUT2D eigenvalue weighted by atomic mass is 10.0. The highest BCUT2D eigenvalue weighted by molar-refractivity contribution is 5.66. The van der Waals surface area contributed by atoms with Gasteiger partial charge in [0.25, 0.3) is 5.56 Å². The summed E-state index contributed by atoms with van der Waals surface area (Å²) < 4.78 is 30.3. The van der Waals surface area contributed by atoms with Gasteiger partial charge in [-0.25, -0.2) is 9.36 Å². The highest BCUT2D eigenvalue weighted by Crippen LogP contribution is 2.41. The normalized spacial score (nSPS) is 26.8. The zero-order valence-electron chi connectivity index (χ0n) is 19.2. The van der Waals surface area contributed by atoms with Crippen molar-refractivity contribution in [2.75, 3.05) is 6.61 Å². The van der Waals surface area contributed by atoms with Crippen LogP contribution in [0.3, 0.4) is 0 Å². The third-order valence-electron chi connectivity index (χ3n) is 5.43. The molecule has 4 rings (SSSR count). The molecule has 1 N–H and O–H groups in total. The maximum atomic E-state index is 12.9. The van der Waals surface area contributed by atoms with Gasteiger partial charge in [0.2, 0.25) is 0 Å². The highest BCUT2D eigenvalue weighted by atomic mass is 16.8. The molecule has 0 spiro atoms. The number of carbonyl (C=O) groups is 1. The summed E-state index contributed by atoms with van der Waals surface area (Å²) in [5, 5.41) is 0. The fourth-order valence-corrected chi connectivity index (χ4v) is 4.18. The van der Waals surface area contributed by atoms with E-state index in [0.29, 0.717) is 5.69 Å². The van der Waals surface area contributed by atoms with Crippen LogP contribution in [-0.2, 0) is 28.5 Å². The van der Waals surface area contributed by atoms with E-state index in [1.54, 1.807) is 58.0 Å². The number of nitrogens with zero attached hydrogens (tertiary/aromatic N) is 1. The van der Waals surface area contributed by atoms with E-state index in [9.17, 15) is 14.4 Å². The van der Waals surface area contributed by atoms with Crippen molar-refractivity contribution in [3.8, 4) is 5.69 Å². The smallest absolute Gasteiger partial charge is 0.333 e. The lowest BCUT2D eigenvalue weighted by molar-refractivity contribution is -0.193. The zero-order chi connectivity index (χ0) is 24.0. The summed E-state index contributed by atoms with van der Waals surface area (Å²) in [6.07, 6.45) is -3.31. The number of nitrogens with one attached hydrogen (secondary N) is 1.